The summed E-state index contributed by atoms with van der Waals surface area (Å²) in [7, 11) is 1.65. The van der Waals surface area contributed by atoms with E-state index in [-0.39, 0.29) is 0 Å². The maximum atomic E-state index is 5.42. The molecule has 0 aliphatic heterocycles. The predicted octanol–water partition coefficient (Wildman–Crippen LogP) is 3.54. The van der Waals surface area contributed by atoms with Crippen molar-refractivity contribution in [3.05, 3.63) is 6.33 Å². The number of nitrogens with one attached hydrogen (secondary N) is 2. The van der Waals surface area contributed by atoms with Crippen molar-refractivity contribution in [2.75, 3.05) is 24.3 Å². The predicted molar refractivity (Wildman–Crippen MR) is 84.5 cm³/mol. The first kappa shape index (κ1) is 16.5. The van der Waals surface area contributed by atoms with Crippen molar-refractivity contribution in [2.45, 2.75) is 53.0 Å². The highest BCUT2D eigenvalue weighted by atomic mass is 16.5. The molecule has 0 saturated heterocycles. The van der Waals surface area contributed by atoms with Crippen LogP contribution in [0.1, 0.15) is 47.0 Å². The molecule has 0 bridgehead atoms. The van der Waals surface area contributed by atoms with Gasteiger partial charge in [0.25, 0.3) is 0 Å². The lowest BCUT2D eigenvalue weighted by Gasteiger charge is -2.18. The second-order valence-corrected chi connectivity index (χ2v) is 5.50. The van der Waals surface area contributed by atoms with E-state index in [9.17, 15) is 0 Å². The van der Waals surface area contributed by atoms with Crippen molar-refractivity contribution in [1.82, 2.24) is 9.97 Å². The summed E-state index contributed by atoms with van der Waals surface area (Å²) in [5.41, 5.74) is 0. The smallest absolute Gasteiger partial charge is 0.204 e. The third-order valence-electron chi connectivity index (χ3n) is 3.15. The number of hydrogen-bond donors (Lipinski definition) is 2. The molecule has 1 aromatic rings. The van der Waals surface area contributed by atoms with Crippen LogP contribution in [-0.2, 0) is 0 Å². The number of ether oxygens (including phenoxy) is 1. The van der Waals surface area contributed by atoms with Gasteiger partial charge in [-0.3, -0.25) is 0 Å². The molecule has 0 spiro atoms. The van der Waals surface area contributed by atoms with Crippen LogP contribution < -0.4 is 15.4 Å². The first-order valence-electron chi connectivity index (χ1n) is 7.47. The van der Waals surface area contributed by atoms with Crippen LogP contribution in [0.3, 0.4) is 0 Å². The molecule has 20 heavy (non-hydrogen) atoms. The first-order valence-corrected chi connectivity index (χ1v) is 7.47. The zero-order valence-electron chi connectivity index (χ0n) is 13.4. The van der Waals surface area contributed by atoms with Gasteiger partial charge < -0.3 is 15.4 Å². The second-order valence-electron chi connectivity index (χ2n) is 5.50. The van der Waals surface area contributed by atoms with E-state index in [1.807, 2.05) is 6.92 Å². The highest BCUT2D eigenvalue weighted by molar-refractivity contribution is 5.63. The fraction of sp³-hybridized carbons (Fsp3) is 0.733. The Morgan fingerprint density at radius 3 is 2.45 bits per heavy atom. The number of nitrogens with zero attached hydrogens (tertiary/aromatic N) is 2. The van der Waals surface area contributed by atoms with Crippen molar-refractivity contribution in [3.8, 4) is 5.75 Å². The Morgan fingerprint density at radius 2 is 1.85 bits per heavy atom. The quantitative estimate of drug-likeness (QED) is 0.724. The highest BCUT2D eigenvalue weighted by Crippen LogP contribution is 2.29. The largest absolute Gasteiger partial charge is 0.490 e. The van der Waals surface area contributed by atoms with Gasteiger partial charge in [-0.15, -0.1) is 0 Å². The van der Waals surface area contributed by atoms with E-state index >= 15 is 0 Å². The number of aromatic nitrogens is 2. The SMILES string of the molecule is CCNc1ncnc(NC(C)CCCC(C)C)c1OC. The lowest BCUT2D eigenvalue weighted by atomic mass is 10.0. The number of methoxy groups -OCH3 is 1. The van der Waals surface area contributed by atoms with E-state index < -0.39 is 0 Å². The average molecular weight is 280 g/mol. The lowest BCUT2D eigenvalue weighted by molar-refractivity contribution is 0.413. The van der Waals surface area contributed by atoms with E-state index in [2.05, 4.69) is 41.4 Å². The standard InChI is InChI=1S/C15H28N4O/c1-6-16-14-13(20-5)15(18-10-17-14)19-12(4)9-7-8-11(2)3/h10-12H,6-9H2,1-5H3,(H2,16,17,18,19). The van der Waals surface area contributed by atoms with Gasteiger partial charge in [0.15, 0.2) is 11.6 Å². The van der Waals surface area contributed by atoms with E-state index in [0.717, 1.165) is 30.5 Å². The van der Waals surface area contributed by atoms with E-state index in [0.29, 0.717) is 11.8 Å². The summed E-state index contributed by atoms with van der Waals surface area (Å²) in [6.07, 6.45) is 5.17. The summed E-state index contributed by atoms with van der Waals surface area (Å²) in [5.74, 6) is 2.94. The minimum atomic E-state index is 0.368. The molecule has 0 amide bonds. The summed E-state index contributed by atoms with van der Waals surface area (Å²) in [6, 6.07) is 0.368. The fourth-order valence-corrected chi connectivity index (χ4v) is 2.10. The van der Waals surface area contributed by atoms with Gasteiger partial charge in [-0.1, -0.05) is 26.7 Å². The Balaban J connectivity index is 2.64. The molecule has 0 aliphatic rings. The number of anilines is 2. The fourth-order valence-electron chi connectivity index (χ4n) is 2.10. The molecule has 1 unspecified atom stereocenters. The Kier molecular flexibility index (Phi) is 7.12. The summed E-state index contributed by atoms with van der Waals surface area (Å²) >= 11 is 0. The minimum Gasteiger partial charge on any atom is -0.490 e. The van der Waals surface area contributed by atoms with Crippen LogP contribution in [0.25, 0.3) is 0 Å². The molecule has 0 aliphatic carbocycles. The van der Waals surface area contributed by atoms with Crippen molar-refractivity contribution in [2.24, 2.45) is 5.92 Å². The molecule has 0 saturated carbocycles. The first-order chi connectivity index (χ1) is 9.58. The summed E-state index contributed by atoms with van der Waals surface area (Å²) in [4.78, 5) is 8.49. The van der Waals surface area contributed by atoms with Gasteiger partial charge in [0, 0.05) is 12.6 Å². The average Bonchev–Trinajstić information content (AvgIpc) is 2.39. The third kappa shape index (κ3) is 5.23. The van der Waals surface area contributed by atoms with Gasteiger partial charge in [-0.2, -0.15) is 0 Å². The zero-order valence-corrected chi connectivity index (χ0v) is 13.4. The summed E-state index contributed by atoms with van der Waals surface area (Å²) < 4.78 is 5.42. The van der Waals surface area contributed by atoms with Crippen LogP contribution in [0.15, 0.2) is 6.33 Å². The summed E-state index contributed by atoms with van der Waals surface area (Å²) in [6.45, 7) is 9.53. The van der Waals surface area contributed by atoms with E-state index in [4.69, 9.17) is 4.74 Å². The third-order valence-corrected chi connectivity index (χ3v) is 3.15. The molecular formula is C15H28N4O. The second kappa shape index (κ2) is 8.61. The zero-order chi connectivity index (χ0) is 15.0. The molecule has 5 heteroatoms. The summed E-state index contributed by atoms with van der Waals surface area (Å²) in [5, 5.41) is 6.60. The molecule has 114 valence electrons. The van der Waals surface area contributed by atoms with Crippen LogP contribution in [0.2, 0.25) is 0 Å². The van der Waals surface area contributed by atoms with Gasteiger partial charge in [-0.05, 0) is 26.2 Å². The van der Waals surface area contributed by atoms with E-state index in [1.54, 1.807) is 13.4 Å². The molecule has 0 fully saturated rings. The van der Waals surface area contributed by atoms with Crippen molar-refractivity contribution in [3.63, 3.8) is 0 Å². The Labute approximate surface area is 122 Å². The van der Waals surface area contributed by atoms with Gasteiger partial charge in [0.2, 0.25) is 5.75 Å². The van der Waals surface area contributed by atoms with Crippen LogP contribution in [-0.4, -0.2) is 29.7 Å². The molecule has 1 rings (SSSR count). The number of rotatable bonds is 9. The maximum absolute atomic E-state index is 5.42. The van der Waals surface area contributed by atoms with Gasteiger partial charge >= 0.3 is 0 Å². The van der Waals surface area contributed by atoms with Crippen LogP contribution in [0.5, 0.6) is 5.75 Å². The molecule has 1 atom stereocenters. The van der Waals surface area contributed by atoms with Crippen molar-refractivity contribution in [1.29, 1.82) is 0 Å². The molecule has 1 heterocycles. The van der Waals surface area contributed by atoms with Gasteiger partial charge in [-0.25, -0.2) is 9.97 Å². The highest BCUT2D eigenvalue weighted by Gasteiger charge is 2.13. The van der Waals surface area contributed by atoms with Crippen LogP contribution in [0.4, 0.5) is 11.6 Å². The molecular weight excluding hydrogens is 252 g/mol. The Morgan fingerprint density at radius 1 is 1.15 bits per heavy atom. The lowest BCUT2D eigenvalue weighted by Crippen LogP contribution is -2.17. The minimum absolute atomic E-state index is 0.368. The maximum Gasteiger partial charge on any atom is 0.204 e. The van der Waals surface area contributed by atoms with Crippen LogP contribution >= 0.6 is 0 Å². The van der Waals surface area contributed by atoms with Crippen molar-refractivity contribution < 1.29 is 4.74 Å². The topological polar surface area (TPSA) is 59.1 Å². The molecule has 0 aromatic carbocycles. The molecule has 0 radical (unpaired) electrons. The van der Waals surface area contributed by atoms with Gasteiger partial charge in [0.05, 0.1) is 7.11 Å². The Hall–Kier alpha value is -1.52. The molecule has 1 aromatic heterocycles. The van der Waals surface area contributed by atoms with Crippen molar-refractivity contribution >= 4 is 11.6 Å². The number of hydrogen-bond acceptors (Lipinski definition) is 5. The monoisotopic (exact) mass is 280 g/mol. The normalized spacial score (nSPS) is 12.3. The molecule has 5 nitrogen and oxygen atoms in total. The van der Waals surface area contributed by atoms with E-state index in [1.165, 1.54) is 12.8 Å². The molecule has 2 N–H and O–H groups in total. The Bertz CT molecular complexity index is 395. The van der Waals surface area contributed by atoms with Crippen LogP contribution in [0, 0.1) is 5.92 Å². The van der Waals surface area contributed by atoms with Gasteiger partial charge in [0.1, 0.15) is 6.33 Å².